The van der Waals surface area contributed by atoms with Crippen LogP contribution in [0.25, 0.3) is 0 Å². The van der Waals surface area contributed by atoms with Gasteiger partial charge in [-0.05, 0) is 116 Å². The zero-order valence-corrected chi connectivity index (χ0v) is 53.0. The summed E-state index contributed by atoms with van der Waals surface area (Å²) < 4.78 is 16.9. The van der Waals surface area contributed by atoms with Crippen molar-refractivity contribution in [2.75, 3.05) is 13.2 Å². The van der Waals surface area contributed by atoms with Crippen LogP contribution in [0.2, 0.25) is 0 Å². The molecule has 0 aliphatic carbocycles. The van der Waals surface area contributed by atoms with Crippen LogP contribution in [-0.4, -0.2) is 37.2 Å². The van der Waals surface area contributed by atoms with E-state index in [1.165, 1.54) is 148 Å². The number of hydrogen-bond donors (Lipinski definition) is 0. The van der Waals surface area contributed by atoms with Crippen LogP contribution < -0.4 is 0 Å². The molecule has 0 heterocycles. The lowest BCUT2D eigenvalue weighted by Crippen LogP contribution is -2.30. The molecule has 81 heavy (non-hydrogen) atoms. The standard InChI is InChI=1S/C75H126O6/c1-4-7-10-13-16-19-22-25-27-28-29-30-31-32-33-34-35-36-37-38-39-40-41-42-43-44-45-46-48-50-53-56-59-62-65-68-74(77)80-71-72(70-79-73(76)67-64-61-58-55-52-49-24-21-18-15-12-9-6-3)81-75(78)69-66-63-60-57-54-51-47-26-23-20-17-14-11-8-5-2/h7,10,16,19,21,24-25,27,29-30,32-33,35-36,38-39,41-42,44-45,72H,4-6,8-9,11-15,17-18,20,22-23,26,28,31,34,37,40,43,46-71H2,1-3H3/b10-7-,19-16-,24-21-,27-25-,30-29-,33-32-,36-35-,39-38-,42-41-,45-44-. The summed E-state index contributed by atoms with van der Waals surface area (Å²) in [6.07, 6.45) is 95.0. The SMILES string of the molecule is CC/C=C\C/C=C\C/C=C\C/C=C\C/C=C\C/C=C\C/C=C\C/C=C\C/C=C\CCCCCCCCCC(=O)OCC(COC(=O)CCCCCCC/C=C\CCCCCC)OC(=O)CCCCCCCCCCCCCCCCC. The molecular formula is C75H126O6. The van der Waals surface area contributed by atoms with Crippen LogP contribution in [0, 0.1) is 0 Å². The molecule has 0 rings (SSSR count). The molecule has 0 bridgehead atoms. The van der Waals surface area contributed by atoms with E-state index < -0.39 is 6.10 Å². The second kappa shape index (κ2) is 68.3. The smallest absolute Gasteiger partial charge is 0.306 e. The van der Waals surface area contributed by atoms with E-state index in [0.29, 0.717) is 19.3 Å². The number of carbonyl (C=O) groups excluding carboxylic acids is 3. The predicted octanol–water partition coefficient (Wildman–Crippen LogP) is 23.6. The van der Waals surface area contributed by atoms with Gasteiger partial charge in [0.15, 0.2) is 6.10 Å². The molecule has 6 nitrogen and oxygen atoms in total. The highest BCUT2D eigenvalue weighted by atomic mass is 16.6. The molecule has 0 spiro atoms. The predicted molar refractivity (Wildman–Crippen MR) is 353 cm³/mol. The lowest BCUT2D eigenvalue weighted by Gasteiger charge is -2.18. The Bertz CT molecular complexity index is 1670. The fourth-order valence-electron chi connectivity index (χ4n) is 9.37. The number of esters is 3. The number of hydrogen-bond acceptors (Lipinski definition) is 6. The van der Waals surface area contributed by atoms with E-state index in [0.717, 1.165) is 128 Å². The van der Waals surface area contributed by atoms with Crippen molar-refractivity contribution >= 4 is 17.9 Å². The quantitative estimate of drug-likeness (QED) is 0.0261. The fraction of sp³-hybridized carbons (Fsp3) is 0.693. The monoisotopic (exact) mass is 1120 g/mol. The highest BCUT2D eigenvalue weighted by Crippen LogP contribution is 2.16. The summed E-state index contributed by atoms with van der Waals surface area (Å²) in [4.78, 5) is 38.3. The molecule has 0 amide bonds. The molecule has 0 aromatic heterocycles. The van der Waals surface area contributed by atoms with Crippen LogP contribution in [0.5, 0.6) is 0 Å². The molecule has 0 fully saturated rings. The molecule has 0 aliphatic rings. The van der Waals surface area contributed by atoms with E-state index in [-0.39, 0.29) is 31.1 Å². The third-order valence-corrected chi connectivity index (χ3v) is 14.5. The van der Waals surface area contributed by atoms with Crippen LogP contribution in [-0.2, 0) is 28.6 Å². The van der Waals surface area contributed by atoms with Gasteiger partial charge in [-0.2, -0.15) is 0 Å². The maximum atomic E-state index is 12.9. The number of unbranched alkanes of at least 4 members (excludes halogenated alkanes) is 30. The van der Waals surface area contributed by atoms with Crippen LogP contribution in [0.4, 0.5) is 0 Å². The summed E-state index contributed by atoms with van der Waals surface area (Å²) in [5.41, 5.74) is 0. The first-order valence-electron chi connectivity index (χ1n) is 34.0. The molecule has 0 saturated carbocycles. The van der Waals surface area contributed by atoms with Gasteiger partial charge in [-0.25, -0.2) is 0 Å². The van der Waals surface area contributed by atoms with Crippen molar-refractivity contribution in [2.45, 2.75) is 322 Å². The van der Waals surface area contributed by atoms with Crippen molar-refractivity contribution in [2.24, 2.45) is 0 Å². The highest BCUT2D eigenvalue weighted by Gasteiger charge is 2.19. The second-order valence-electron chi connectivity index (χ2n) is 22.4. The van der Waals surface area contributed by atoms with E-state index in [2.05, 4.69) is 142 Å². The molecule has 0 aliphatic heterocycles. The first-order valence-corrected chi connectivity index (χ1v) is 34.0. The van der Waals surface area contributed by atoms with Crippen molar-refractivity contribution in [1.29, 1.82) is 0 Å². The van der Waals surface area contributed by atoms with Crippen LogP contribution >= 0.6 is 0 Å². The first kappa shape index (κ1) is 76.8. The minimum absolute atomic E-state index is 0.0839. The van der Waals surface area contributed by atoms with Gasteiger partial charge in [-0.1, -0.05) is 303 Å². The van der Waals surface area contributed by atoms with E-state index in [1.54, 1.807) is 0 Å². The highest BCUT2D eigenvalue weighted by molar-refractivity contribution is 5.71. The van der Waals surface area contributed by atoms with Gasteiger partial charge in [-0.15, -0.1) is 0 Å². The van der Waals surface area contributed by atoms with Gasteiger partial charge in [0.25, 0.3) is 0 Å². The Kier molecular flexibility index (Phi) is 64.8. The second-order valence-corrected chi connectivity index (χ2v) is 22.4. The number of carbonyl (C=O) groups is 3. The summed E-state index contributed by atoms with van der Waals surface area (Å²) in [5, 5.41) is 0. The molecule has 0 aromatic carbocycles. The van der Waals surface area contributed by atoms with E-state index in [1.807, 2.05) is 0 Å². The average molecular weight is 1120 g/mol. The fourth-order valence-corrected chi connectivity index (χ4v) is 9.37. The van der Waals surface area contributed by atoms with Gasteiger partial charge in [-0.3, -0.25) is 14.4 Å². The Morgan fingerprint density at radius 3 is 0.778 bits per heavy atom. The Labute approximate surface area is 501 Å². The maximum Gasteiger partial charge on any atom is 0.306 e. The Hall–Kier alpha value is -4.19. The topological polar surface area (TPSA) is 78.9 Å². The van der Waals surface area contributed by atoms with Gasteiger partial charge in [0.2, 0.25) is 0 Å². The normalized spacial score (nSPS) is 12.9. The Morgan fingerprint density at radius 2 is 0.481 bits per heavy atom. The van der Waals surface area contributed by atoms with E-state index in [4.69, 9.17) is 14.2 Å². The number of allylic oxidation sites excluding steroid dienone is 20. The van der Waals surface area contributed by atoms with Crippen molar-refractivity contribution in [3.05, 3.63) is 122 Å². The first-order chi connectivity index (χ1) is 40.0. The van der Waals surface area contributed by atoms with Gasteiger partial charge < -0.3 is 14.2 Å². The molecule has 0 saturated heterocycles. The zero-order valence-electron chi connectivity index (χ0n) is 53.0. The van der Waals surface area contributed by atoms with Crippen molar-refractivity contribution in [3.63, 3.8) is 0 Å². The van der Waals surface area contributed by atoms with E-state index >= 15 is 0 Å². The van der Waals surface area contributed by atoms with Gasteiger partial charge in [0.05, 0.1) is 0 Å². The van der Waals surface area contributed by atoms with Crippen molar-refractivity contribution in [3.8, 4) is 0 Å². The lowest BCUT2D eigenvalue weighted by molar-refractivity contribution is -0.167. The minimum Gasteiger partial charge on any atom is -0.462 e. The third-order valence-electron chi connectivity index (χ3n) is 14.5. The van der Waals surface area contributed by atoms with Crippen LogP contribution in [0.3, 0.4) is 0 Å². The van der Waals surface area contributed by atoms with E-state index in [9.17, 15) is 14.4 Å². The lowest BCUT2D eigenvalue weighted by atomic mass is 10.0. The molecule has 6 heteroatoms. The van der Waals surface area contributed by atoms with Gasteiger partial charge in [0.1, 0.15) is 13.2 Å². The van der Waals surface area contributed by atoms with Crippen molar-refractivity contribution in [1.82, 2.24) is 0 Å². The Balaban J connectivity index is 4.25. The maximum absolute atomic E-state index is 12.9. The summed E-state index contributed by atoms with van der Waals surface area (Å²) >= 11 is 0. The summed E-state index contributed by atoms with van der Waals surface area (Å²) in [6, 6.07) is 0. The van der Waals surface area contributed by atoms with Gasteiger partial charge >= 0.3 is 17.9 Å². The van der Waals surface area contributed by atoms with Crippen LogP contribution in [0.15, 0.2) is 122 Å². The molecule has 1 unspecified atom stereocenters. The van der Waals surface area contributed by atoms with Crippen molar-refractivity contribution < 1.29 is 28.6 Å². The Morgan fingerprint density at radius 1 is 0.259 bits per heavy atom. The number of rotatable bonds is 61. The number of ether oxygens (including phenoxy) is 3. The molecule has 0 radical (unpaired) electrons. The zero-order chi connectivity index (χ0) is 58.5. The molecular weight excluding hydrogens is 997 g/mol. The van der Waals surface area contributed by atoms with Crippen LogP contribution in [0.1, 0.15) is 316 Å². The summed E-state index contributed by atoms with van der Waals surface area (Å²) in [7, 11) is 0. The summed E-state index contributed by atoms with van der Waals surface area (Å²) in [5.74, 6) is -0.893. The third kappa shape index (κ3) is 66.5. The summed E-state index contributed by atoms with van der Waals surface area (Å²) in [6.45, 7) is 6.52. The molecule has 0 N–H and O–H groups in total. The molecule has 1 atom stereocenters. The average Bonchev–Trinajstić information content (AvgIpc) is 3.46. The van der Waals surface area contributed by atoms with Gasteiger partial charge in [0, 0.05) is 19.3 Å². The molecule has 462 valence electrons. The minimum atomic E-state index is -0.786. The molecule has 0 aromatic rings. The largest absolute Gasteiger partial charge is 0.462 e.